The number of nitrogens with zero attached hydrogens (tertiary/aromatic N) is 1. The van der Waals surface area contributed by atoms with Crippen LogP contribution in [0.2, 0.25) is 0 Å². The average Bonchev–Trinajstić information content (AvgIpc) is 3.24. The Labute approximate surface area is 263 Å². The van der Waals surface area contributed by atoms with Crippen molar-refractivity contribution in [3.63, 3.8) is 0 Å². The predicted molar refractivity (Wildman–Crippen MR) is 122 cm³/mol. The highest BCUT2D eigenvalue weighted by molar-refractivity contribution is 7.90. The fraction of sp³-hybridized carbons (Fsp3) is 0.682. The van der Waals surface area contributed by atoms with Crippen LogP contribution in [0.1, 0.15) is 31.2 Å². The first-order chi connectivity index (χ1) is 21.5. The highest BCUT2D eigenvalue weighted by Gasteiger charge is 2.95. The molecule has 0 bridgehead atoms. The number of ether oxygens (including phenoxy) is 1. The van der Waals surface area contributed by atoms with Gasteiger partial charge in [-0.3, -0.25) is 4.99 Å². The third-order valence-corrected chi connectivity index (χ3v) is 9.03. The zero-order chi connectivity index (χ0) is 38.5. The van der Waals surface area contributed by atoms with Crippen molar-refractivity contribution in [1.29, 1.82) is 0 Å². The monoisotopic (exact) mass is 800 g/mol. The van der Waals surface area contributed by atoms with E-state index < -0.39 is 80.4 Å². The molecule has 0 aromatic heterocycles. The zero-order valence-electron chi connectivity index (χ0n) is 22.7. The minimum Gasteiger partial charge on any atom is -0.255 e. The average molecular weight is 801 g/mol. The van der Waals surface area contributed by atoms with Crippen molar-refractivity contribution in [2.24, 2.45) is 4.99 Å². The van der Waals surface area contributed by atoms with Crippen LogP contribution in [0.5, 0.6) is 0 Å². The Morgan fingerprint density at radius 1 is 0.653 bits per heavy atom. The van der Waals surface area contributed by atoms with Gasteiger partial charge in [-0.05, 0) is 36.9 Å². The first-order valence-corrected chi connectivity index (χ1v) is 14.2. The number of para-hydroxylation sites is 1. The van der Waals surface area contributed by atoms with Gasteiger partial charge in [0.1, 0.15) is 0 Å². The number of hydrogen-bond donors (Lipinski definition) is 1. The highest BCUT2D eigenvalue weighted by Crippen LogP contribution is 2.65. The lowest BCUT2D eigenvalue weighted by molar-refractivity contribution is -0.503. The molecular weight excluding hydrogens is 788 g/mol. The molecular formula is C22H13ClF20N2O3S. The molecule has 1 aliphatic carbocycles. The van der Waals surface area contributed by atoms with Gasteiger partial charge in [-0.25, -0.2) is 13.2 Å². The van der Waals surface area contributed by atoms with Gasteiger partial charge in [0.05, 0.1) is 11.2 Å². The number of nitrogens with one attached hydrogen (secondary N) is 1. The zero-order valence-corrected chi connectivity index (χ0v) is 24.2. The van der Waals surface area contributed by atoms with Crippen LogP contribution in [0.4, 0.5) is 93.5 Å². The minimum atomic E-state index is -9.12. The minimum absolute atomic E-state index is 0.0694. The maximum absolute atomic E-state index is 14.7. The van der Waals surface area contributed by atoms with Gasteiger partial charge in [0.25, 0.3) is 10.0 Å². The fourth-order valence-corrected chi connectivity index (χ4v) is 6.00. The SMILES string of the molecule is O=S(=O)(NC12CCCCC1=Nc1ccccc12)C(F)(F)C(F)(F)OC(F)(F)C(F)(F)C(F)(F)C(F)(F)C(F)(F)C(F)(F)C(F)(F)C(F)(F)Cl. The van der Waals surface area contributed by atoms with Gasteiger partial charge in [-0.15, -0.1) is 0 Å². The van der Waals surface area contributed by atoms with E-state index in [2.05, 4.69) is 16.6 Å². The van der Waals surface area contributed by atoms with Crippen LogP contribution in [-0.2, 0) is 20.3 Å². The van der Waals surface area contributed by atoms with Gasteiger partial charge in [0.15, 0.2) is 0 Å². The lowest BCUT2D eigenvalue weighted by Crippen LogP contribution is -2.75. The molecule has 1 unspecified atom stereocenters. The molecule has 1 aromatic rings. The van der Waals surface area contributed by atoms with Crippen molar-refractivity contribution in [3.05, 3.63) is 29.8 Å². The summed E-state index contributed by atoms with van der Waals surface area (Å²) in [5.41, 5.74) is -3.23. The number of fused-ring (bicyclic) bond motifs is 3. The number of aliphatic imine (C=N–C) groups is 1. The summed E-state index contributed by atoms with van der Waals surface area (Å²) in [6, 6.07) is 4.61. The molecule has 1 heterocycles. The van der Waals surface area contributed by atoms with Crippen LogP contribution in [0.15, 0.2) is 29.3 Å². The maximum Gasteiger partial charge on any atom is 0.448 e. The van der Waals surface area contributed by atoms with E-state index in [4.69, 9.17) is 0 Å². The summed E-state index contributed by atoms with van der Waals surface area (Å²) in [5, 5.41) is -14.4. The van der Waals surface area contributed by atoms with E-state index in [-0.39, 0.29) is 36.2 Å². The molecule has 0 radical (unpaired) electrons. The van der Waals surface area contributed by atoms with Crippen LogP contribution in [0.3, 0.4) is 0 Å². The second-order valence-electron chi connectivity index (χ2n) is 10.4. The Kier molecular flexibility index (Phi) is 9.49. The summed E-state index contributed by atoms with van der Waals surface area (Å²) in [4.78, 5) is 3.92. The number of sulfonamides is 1. The molecule has 27 heteroatoms. The van der Waals surface area contributed by atoms with Gasteiger partial charge >= 0.3 is 58.4 Å². The molecule has 1 aromatic carbocycles. The summed E-state index contributed by atoms with van der Waals surface area (Å²) in [5.74, 6) is -52.9. The number of benzene rings is 1. The molecule has 5 nitrogen and oxygen atoms in total. The standard InChI is InChI=1S/C22H13ClF20N2O3S/c23-19(36,37)17(32,33)15(28,29)13(24,25)14(26,27)16(30,31)18(34,35)20(38,39)48-21(40,41)22(42,43)49(46,47)45-12-8-4-3-7-11(12)44-10-6-2-1-5-9(10)12/h1-2,5-6,45H,3-4,7-8H2. The summed E-state index contributed by atoms with van der Waals surface area (Å²) in [6.07, 6.45) is -16.9. The second-order valence-corrected chi connectivity index (χ2v) is 12.6. The smallest absolute Gasteiger partial charge is 0.255 e. The van der Waals surface area contributed by atoms with Crippen LogP contribution in [0.25, 0.3) is 0 Å². The molecule has 282 valence electrons. The van der Waals surface area contributed by atoms with Crippen LogP contribution in [0, 0.1) is 0 Å². The van der Waals surface area contributed by atoms with Gasteiger partial charge in [0, 0.05) is 11.3 Å². The number of rotatable bonds is 13. The van der Waals surface area contributed by atoms with Gasteiger partial charge in [-0.1, -0.05) is 24.6 Å². The molecule has 0 spiro atoms. The topological polar surface area (TPSA) is 67.8 Å². The molecule has 1 saturated carbocycles. The lowest BCUT2D eigenvalue weighted by Gasteiger charge is -2.43. The molecule has 3 rings (SSSR count). The van der Waals surface area contributed by atoms with Crippen molar-refractivity contribution in [2.75, 3.05) is 0 Å². The van der Waals surface area contributed by atoms with Crippen LogP contribution in [-0.4, -0.2) is 72.5 Å². The summed E-state index contributed by atoms with van der Waals surface area (Å²) < 4.78 is 304. The fourth-order valence-electron chi connectivity index (χ4n) is 4.61. The summed E-state index contributed by atoms with van der Waals surface area (Å²) in [7, 11) is -7.32. The van der Waals surface area contributed by atoms with E-state index in [0.717, 1.165) is 22.9 Å². The van der Waals surface area contributed by atoms with E-state index in [1.54, 1.807) is 4.74 Å². The molecule has 49 heavy (non-hydrogen) atoms. The van der Waals surface area contributed by atoms with E-state index >= 15 is 0 Å². The maximum atomic E-state index is 14.7. The molecule has 1 atom stereocenters. The Hall–Kier alpha value is -2.35. The summed E-state index contributed by atoms with van der Waals surface area (Å²) in [6.45, 7) is 0. The Balaban J connectivity index is 2.03. The summed E-state index contributed by atoms with van der Waals surface area (Å²) >= 11 is 3.38. The molecule has 1 aliphatic heterocycles. The first-order valence-electron chi connectivity index (χ1n) is 12.4. The van der Waals surface area contributed by atoms with E-state index in [1.165, 1.54) is 6.07 Å². The molecule has 0 saturated heterocycles. The molecule has 1 fully saturated rings. The normalized spacial score (nSPS) is 21.0. The van der Waals surface area contributed by atoms with Crippen molar-refractivity contribution in [1.82, 2.24) is 4.72 Å². The largest absolute Gasteiger partial charge is 0.448 e. The predicted octanol–water partition coefficient (Wildman–Crippen LogP) is 8.90. The van der Waals surface area contributed by atoms with Crippen LogP contribution >= 0.6 is 11.6 Å². The van der Waals surface area contributed by atoms with E-state index in [9.17, 15) is 96.2 Å². The van der Waals surface area contributed by atoms with Crippen molar-refractivity contribution >= 4 is 33.0 Å². The van der Waals surface area contributed by atoms with Crippen molar-refractivity contribution in [3.8, 4) is 0 Å². The van der Waals surface area contributed by atoms with Crippen molar-refractivity contribution in [2.45, 2.75) is 89.6 Å². The molecule has 2 aliphatic rings. The number of alkyl halides is 21. The Bertz CT molecular complexity index is 1590. The highest BCUT2D eigenvalue weighted by atomic mass is 35.5. The number of hydrogen-bond acceptors (Lipinski definition) is 4. The van der Waals surface area contributed by atoms with E-state index in [1.807, 2.05) is 0 Å². The molecule has 0 amide bonds. The quantitative estimate of drug-likeness (QED) is 0.160. The Morgan fingerprint density at radius 3 is 1.59 bits per heavy atom. The van der Waals surface area contributed by atoms with E-state index in [0.29, 0.717) is 0 Å². The van der Waals surface area contributed by atoms with Crippen LogP contribution < -0.4 is 4.72 Å². The van der Waals surface area contributed by atoms with Gasteiger partial charge in [-0.2, -0.15) is 92.5 Å². The van der Waals surface area contributed by atoms with Crippen molar-refractivity contribution < 1.29 is 101 Å². The van der Waals surface area contributed by atoms with Gasteiger partial charge in [0.2, 0.25) is 0 Å². The lowest BCUT2D eigenvalue weighted by atomic mass is 9.77. The third kappa shape index (κ3) is 5.51. The first kappa shape index (κ1) is 41.1. The van der Waals surface area contributed by atoms with Gasteiger partial charge < -0.3 is 0 Å². The third-order valence-electron chi connectivity index (χ3n) is 7.26. The second kappa shape index (κ2) is 11.3. The Morgan fingerprint density at radius 2 is 1.10 bits per heavy atom. The number of halogens is 21. The molecule has 1 N–H and O–H groups in total.